The van der Waals surface area contributed by atoms with Crippen molar-refractivity contribution in [2.75, 3.05) is 112 Å². The predicted molar refractivity (Wildman–Crippen MR) is 481 cm³/mol. The van der Waals surface area contributed by atoms with Gasteiger partial charge in [-0.3, -0.25) is 53.8 Å². The number of rotatable bonds is 47. The van der Waals surface area contributed by atoms with Crippen molar-refractivity contribution in [2.45, 2.75) is 221 Å². The second kappa shape index (κ2) is 50.9. The van der Waals surface area contributed by atoms with Gasteiger partial charge in [-0.15, -0.1) is 0 Å². The molecule has 0 bridgehead atoms. The van der Waals surface area contributed by atoms with Gasteiger partial charge in [-0.2, -0.15) is 0 Å². The zero-order valence-corrected chi connectivity index (χ0v) is 79.0. The molecule has 0 saturated carbocycles. The second-order valence-electron chi connectivity index (χ2n) is 34.0. The number of Topliss-reactive ketones (excluding diaryl/α,β-unsaturated/α-hetero) is 2. The van der Waals surface area contributed by atoms with Crippen LogP contribution in [0, 0.1) is 18.8 Å². The first kappa shape index (κ1) is 106. The van der Waals surface area contributed by atoms with E-state index in [1.54, 1.807) is 66.7 Å². The molecule has 0 aliphatic carbocycles. The average Bonchev–Trinajstić information content (AvgIpc) is 1.24. The summed E-state index contributed by atoms with van der Waals surface area (Å²) in [4.78, 5) is 165. The number of nitrogens with zero attached hydrogens (tertiary/aromatic N) is 2. The van der Waals surface area contributed by atoms with Crippen LogP contribution in [0.2, 0.25) is 0 Å². The fourth-order valence-electron chi connectivity index (χ4n) is 15.5. The van der Waals surface area contributed by atoms with E-state index in [1.807, 2.05) is 0 Å². The van der Waals surface area contributed by atoms with Crippen LogP contribution in [0.1, 0.15) is 190 Å². The summed E-state index contributed by atoms with van der Waals surface area (Å²) in [5.74, 6) is -7.21. The van der Waals surface area contributed by atoms with Gasteiger partial charge in [0.2, 0.25) is 18.7 Å². The lowest BCUT2D eigenvalue weighted by Crippen LogP contribution is -2.60. The fourth-order valence-corrected chi connectivity index (χ4v) is 15.5. The van der Waals surface area contributed by atoms with E-state index in [2.05, 4.69) is 23.8 Å². The summed E-state index contributed by atoms with van der Waals surface area (Å²) >= 11 is 0. The van der Waals surface area contributed by atoms with Crippen LogP contribution < -0.4 is 39.1 Å². The molecule has 4 heterocycles. The summed E-state index contributed by atoms with van der Waals surface area (Å²) in [6.07, 6.45) is -10.4. The number of aliphatic hydroxyl groups excluding tert-OH is 2. The van der Waals surface area contributed by atoms with Gasteiger partial charge >= 0.3 is 48.0 Å². The standard InChI is InChI=1S/C97H124N4O34/c1-54-35-68(48-102)100(46-54)90(111)71-37-56(3)81(44-75(71)98-95(114)125-50-64-24-26-79(73(41-64)77(108)21-18-28-116-14)132-93-58(5)86(129-61(8)105)87(130-62(9)106)88(134-93)92(113)119-17)123-52-66-38-67(40-70(39-66)122-34-33-121-32-31-120-30-20-23-84(110)135-97(11,12)13)53-124-83-45-76(72(43-82(83)118-16)91(112)101-47-55(2)36-69(101)49-103)99-96(115)126-51-65-25-27-80(74(42-65)78(109)22-19-29-117-15)133-94-89(131-63(10)107)85(128-60(7)104)57(4)59(6)127-94/h24-27,37-45,57-59,68-69,85-89,93-94,102-103H,1-2,18-23,28-36,46-53H2,3-17H3,(H,98,114)(H,99,115)/t57-,58-,59-,68?,69+,85+,86-,87+,88?,89-,93?,94+/m1/s1. The van der Waals surface area contributed by atoms with E-state index in [0.29, 0.717) is 71.4 Å². The van der Waals surface area contributed by atoms with Gasteiger partial charge in [0.25, 0.3) is 11.8 Å². The van der Waals surface area contributed by atoms with Crippen LogP contribution in [0.4, 0.5) is 21.0 Å². The van der Waals surface area contributed by atoms with Crippen LogP contribution in [-0.2, 0) is 122 Å². The van der Waals surface area contributed by atoms with Crippen LogP contribution in [0.3, 0.4) is 0 Å². The van der Waals surface area contributed by atoms with E-state index < -0.39 is 171 Å². The molecule has 3 unspecified atom stereocenters. The number of carbonyl (C=O) groups is 12. The van der Waals surface area contributed by atoms with Gasteiger partial charge in [-0.05, 0) is 149 Å². The molecule has 38 heteroatoms. The Hall–Kier alpha value is -12.3. The quantitative estimate of drug-likeness (QED) is 0.00924. The smallest absolute Gasteiger partial charge is 0.411 e. The number of amides is 4. The number of aliphatic hydroxyl groups is 2. The molecule has 0 radical (unpaired) electrons. The molecule has 5 aromatic carbocycles. The second-order valence-corrected chi connectivity index (χ2v) is 34.0. The van der Waals surface area contributed by atoms with E-state index in [9.17, 15) is 67.7 Å². The number of likely N-dealkylation sites (tertiary alicyclic amines) is 2. The number of methoxy groups -OCH3 is 4. The third kappa shape index (κ3) is 30.9. The van der Waals surface area contributed by atoms with Gasteiger partial charge < -0.3 is 115 Å². The monoisotopic (exact) mass is 1890 g/mol. The van der Waals surface area contributed by atoms with Crippen molar-refractivity contribution in [3.63, 3.8) is 0 Å². The van der Waals surface area contributed by atoms with Gasteiger partial charge in [0.15, 0.2) is 41.4 Å². The minimum Gasteiger partial charge on any atom is -0.493 e. The van der Waals surface area contributed by atoms with Crippen LogP contribution in [-0.4, -0.2) is 259 Å². The molecule has 4 aliphatic rings. The molecule has 4 saturated heterocycles. The Morgan fingerprint density at radius 1 is 0.474 bits per heavy atom. The molecule has 135 heavy (non-hydrogen) atoms. The first-order valence-corrected chi connectivity index (χ1v) is 44.3. The van der Waals surface area contributed by atoms with E-state index >= 15 is 0 Å². The lowest BCUT2D eigenvalue weighted by molar-refractivity contribution is -0.263. The van der Waals surface area contributed by atoms with Crippen molar-refractivity contribution in [1.29, 1.82) is 0 Å². The number of nitrogens with one attached hydrogen (secondary N) is 2. The number of hydrogen-bond acceptors (Lipinski definition) is 34. The highest BCUT2D eigenvalue weighted by atomic mass is 16.7. The van der Waals surface area contributed by atoms with Crippen molar-refractivity contribution < 1.29 is 162 Å². The van der Waals surface area contributed by atoms with Crippen molar-refractivity contribution in [3.05, 3.63) is 153 Å². The fraction of sp³-hybridized carbons (Fsp3) is 0.526. The number of aryl methyl sites for hydroxylation is 1. The molecular formula is C97H124N4O34. The van der Waals surface area contributed by atoms with E-state index in [1.165, 1.54) is 106 Å². The van der Waals surface area contributed by atoms with Gasteiger partial charge in [0.1, 0.15) is 67.7 Å². The normalized spacial score (nSPS) is 20.3. The molecule has 4 fully saturated rings. The molecule has 4 N–H and O–H groups in total. The zero-order chi connectivity index (χ0) is 98.5. The minimum atomic E-state index is -1.65. The van der Waals surface area contributed by atoms with Crippen LogP contribution >= 0.6 is 0 Å². The third-order valence-electron chi connectivity index (χ3n) is 22.1. The Morgan fingerprint density at radius 3 is 1.44 bits per heavy atom. The maximum absolute atomic E-state index is 14.8. The Labute approximate surface area is 783 Å². The Morgan fingerprint density at radius 2 is 0.941 bits per heavy atom. The molecule has 12 atom stereocenters. The third-order valence-corrected chi connectivity index (χ3v) is 22.1. The number of carbonyl (C=O) groups excluding carboxylic acids is 12. The SMILES string of the molecule is C=C1CC(CO)N(C(=O)c2cc(C)c(OCc3cc(COc4cc(NC(=O)OCc5ccc(O[C@@H]6O[C@H](C)[C@@H](C)[C@H](OC(C)=O)[C@H]6OC(C)=O)c(C(=O)CCCOC)c5)c(C(=O)N5CC(=C)C[C@H]5CO)cc4OC)cc(OCCOCCOCCCC(=O)OC(C)(C)C)c3)cc2NC(=O)OCc2ccc(OC3OC(C(=O)OC)[C@@H](OC(C)=O)[C@H](OC(C)=O)[C@H]3C)c(C(=O)CCCOC)c2)C1. The first-order valence-electron chi connectivity index (χ1n) is 44.3. The number of esters is 6. The summed E-state index contributed by atoms with van der Waals surface area (Å²) < 4.78 is 117. The first-order chi connectivity index (χ1) is 64.3. The topological polar surface area (TPSA) is 460 Å². The highest BCUT2D eigenvalue weighted by Gasteiger charge is 2.53. The molecule has 4 amide bonds. The highest BCUT2D eigenvalue weighted by molar-refractivity contribution is 6.05. The predicted octanol–water partition coefficient (Wildman–Crippen LogP) is 11.3. The maximum Gasteiger partial charge on any atom is 0.411 e. The maximum atomic E-state index is 14.8. The molecule has 5 aromatic rings. The lowest BCUT2D eigenvalue weighted by Gasteiger charge is -2.43. The highest BCUT2D eigenvalue weighted by Crippen LogP contribution is 2.41. The summed E-state index contributed by atoms with van der Waals surface area (Å²) in [7, 11) is 5.39. The minimum absolute atomic E-state index is 0.00386. The molecular weight excluding hydrogens is 1770 g/mol. The molecule has 38 nitrogen and oxygen atoms in total. The Balaban J connectivity index is 0.997. The Kier molecular flexibility index (Phi) is 40.1. The average molecular weight is 1890 g/mol. The molecule has 4 aliphatic heterocycles. The number of ether oxygens (including phenoxy) is 20. The van der Waals surface area contributed by atoms with Crippen LogP contribution in [0.15, 0.2) is 103 Å². The van der Waals surface area contributed by atoms with Crippen LogP contribution in [0.5, 0.6) is 34.5 Å². The van der Waals surface area contributed by atoms with Crippen molar-refractivity contribution in [2.24, 2.45) is 11.8 Å². The number of hydrogen-bond donors (Lipinski definition) is 4. The summed E-state index contributed by atoms with van der Waals surface area (Å²) in [5.41, 5.74) is 2.40. The van der Waals surface area contributed by atoms with E-state index in [4.69, 9.17) is 94.7 Å². The zero-order valence-electron chi connectivity index (χ0n) is 79.0. The van der Waals surface area contributed by atoms with Crippen LogP contribution in [0.25, 0.3) is 0 Å². The largest absolute Gasteiger partial charge is 0.493 e. The van der Waals surface area contributed by atoms with E-state index in [0.717, 1.165) is 21.0 Å². The summed E-state index contributed by atoms with van der Waals surface area (Å²) in [6.45, 7) is 24.1. The number of anilines is 2. The van der Waals surface area contributed by atoms with E-state index in [-0.39, 0.29) is 166 Å². The van der Waals surface area contributed by atoms with Gasteiger partial charge in [-0.25, -0.2) is 14.4 Å². The van der Waals surface area contributed by atoms with Crippen molar-refractivity contribution in [3.8, 4) is 34.5 Å². The van der Waals surface area contributed by atoms with Gasteiger partial charge in [-0.1, -0.05) is 50.3 Å². The number of ketones is 2. The lowest BCUT2D eigenvalue weighted by atomic mass is 9.91. The van der Waals surface area contributed by atoms with Gasteiger partial charge in [0.05, 0.1) is 105 Å². The molecule has 736 valence electrons. The van der Waals surface area contributed by atoms with Gasteiger partial charge in [0, 0.05) is 112 Å². The van der Waals surface area contributed by atoms with Crippen molar-refractivity contribution in [1.82, 2.24) is 9.80 Å². The molecule has 0 spiro atoms. The summed E-state index contributed by atoms with van der Waals surface area (Å²) in [5, 5.41) is 26.4. The molecule has 9 rings (SSSR count). The number of benzene rings is 5. The molecule has 0 aromatic heterocycles. The Bertz CT molecular complexity index is 5040. The summed E-state index contributed by atoms with van der Waals surface area (Å²) in [6, 6.07) is 18.3. The van der Waals surface area contributed by atoms with Crippen molar-refractivity contribution >= 4 is 82.8 Å².